The van der Waals surface area contributed by atoms with E-state index in [1.165, 1.54) is 0 Å². The first-order chi connectivity index (χ1) is 4.66. The van der Waals surface area contributed by atoms with Crippen LogP contribution in [0.15, 0.2) is 12.2 Å². The summed E-state index contributed by atoms with van der Waals surface area (Å²) in [7, 11) is 0. The van der Waals surface area contributed by atoms with Crippen LogP contribution in [0.1, 0.15) is 6.92 Å². The molecule has 0 spiro atoms. The van der Waals surface area contributed by atoms with Crippen LogP contribution in [-0.4, -0.2) is 23.7 Å². The van der Waals surface area contributed by atoms with Gasteiger partial charge in [-0.25, -0.2) is 9.59 Å². The third-order valence-electron chi connectivity index (χ3n) is 0.649. The van der Waals surface area contributed by atoms with Gasteiger partial charge in [0.25, 0.3) is 0 Å². The van der Waals surface area contributed by atoms with Gasteiger partial charge in [0.05, 0.1) is 6.61 Å². The Bertz CT molecular complexity index is 164. The third kappa shape index (κ3) is 9.20. The standard InChI is InChI=1S/C6H8O4.Cu/c1-2-10-6(9)4-3-5(7)8;/h3-4H,2H2,1H3,(H,7,8);. The molecular weight excluding hydrogens is 200 g/mol. The van der Waals surface area contributed by atoms with Crippen molar-refractivity contribution in [1.82, 2.24) is 0 Å². The van der Waals surface area contributed by atoms with Gasteiger partial charge >= 0.3 is 11.9 Å². The summed E-state index contributed by atoms with van der Waals surface area (Å²) in [5.41, 5.74) is 0. The number of esters is 1. The Morgan fingerprint density at radius 2 is 2.00 bits per heavy atom. The zero-order chi connectivity index (χ0) is 7.98. The summed E-state index contributed by atoms with van der Waals surface area (Å²) in [6.45, 7) is 1.90. The van der Waals surface area contributed by atoms with Crippen molar-refractivity contribution < 1.29 is 36.5 Å². The summed E-state index contributed by atoms with van der Waals surface area (Å²) in [5.74, 6) is -1.79. The molecule has 0 atom stereocenters. The minimum atomic E-state index is -1.16. The van der Waals surface area contributed by atoms with E-state index in [1.807, 2.05) is 0 Å². The molecule has 0 rings (SSSR count). The van der Waals surface area contributed by atoms with Gasteiger partial charge in [-0.05, 0) is 6.92 Å². The number of carbonyl (C=O) groups is 2. The largest absolute Gasteiger partial charge is 0.478 e. The molecule has 0 fully saturated rings. The quantitative estimate of drug-likeness (QED) is 0.408. The molecule has 0 aromatic heterocycles. The molecule has 0 saturated carbocycles. The topological polar surface area (TPSA) is 63.6 Å². The van der Waals surface area contributed by atoms with Crippen LogP contribution in [-0.2, 0) is 31.4 Å². The van der Waals surface area contributed by atoms with E-state index in [0.29, 0.717) is 0 Å². The fourth-order valence-corrected chi connectivity index (χ4v) is 0.330. The number of rotatable bonds is 3. The monoisotopic (exact) mass is 207 g/mol. The maximum atomic E-state index is 10.4. The molecule has 1 radical (unpaired) electrons. The van der Waals surface area contributed by atoms with Crippen molar-refractivity contribution in [3.8, 4) is 0 Å². The Morgan fingerprint density at radius 1 is 1.45 bits per heavy atom. The first kappa shape index (κ1) is 12.8. The van der Waals surface area contributed by atoms with Crippen molar-refractivity contribution in [2.24, 2.45) is 0 Å². The van der Waals surface area contributed by atoms with E-state index in [1.54, 1.807) is 6.92 Å². The first-order valence-electron chi connectivity index (χ1n) is 2.74. The summed E-state index contributed by atoms with van der Waals surface area (Å²) < 4.78 is 4.40. The van der Waals surface area contributed by atoms with Crippen LogP contribution < -0.4 is 0 Å². The Balaban J connectivity index is 0. The number of carboxylic acids is 1. The van der Waals surface area contributed by atoms with E-state index >= 15 is 0 Å². The molecule has 0 aromatic rings. The number of aliphatic carboxylic acids is 1. The van der Waals surface area contributed by atoms with E-state index in [4.69, 9.17) is 5.11 Å². The van der Waals surface area contributed by atoms with Gasteiger partial charge < -0.3 is 9.84 Å². The molecule has 0 aliphatic rings. The molecule has 0 amide bonds. The molecule has 0 unspecified atom stereocenters. The first-order valence-corrected chi connectivity index (χ1v) is 2.74. The van der Waals surface area contributed by atoms with Crippen LogP contribution in [0, 0.1) is 0 Å². The van der Waals surface area contributed by atoms with Crippen molar-refractivity contribution in [2.45, 2.75) is 6.92 Å². The molecule has 1 N–H and O–H groups in total. The van der Waals surface area contributed by atoms with Gasteiger partial charge in [-0.2, -0.15) is 0 Å². The molecule has 0 bridgehead atoms. The van der Waals surface area contributed by atoms with E-state index < -0.39 is 11.9 Å². The van der Waals surface area contributed by atoms with Gasteiger partial charge in [-0.15, -0.1) is 0 Å². The van der Waals surface area contributed by atoms with Gasteiger partial charge in [-0.1, -0.05) is 0 Å². The van der Waals surface area contributed by atoms with E-state index in [-0.39, 0.29) is 23.7 Å². The predicted molar refractivity (Wildman–Crippen MR) is 33.4 cm³/mol. The van der Waals surface area contributed by atoms with Crippen LogP contribution in [0.2, 0.25) is 0 Å². The number of hydrogen-bond donors (Lipinski definition) is 1. The van der Waals surface area contributed by atoms with Crippen LogP contribution in [0.4, 0.5) is 0 Å². The second kappa shape index (κ2) is 7.31. The Hall–Kier alpha value is -0.801. The average molecular weight is 208 g/mol. The molecule has 67 valence electrons. The Kier molecular flexibility index (Phi) is 8.53. The molecular formula is C6H8CuO4. The SMILES string of the molecule is CCOC(=O)C=CC(=O)O.[Cu]. The van der Waals surface area contributed by atoms with Crippen molar-refractivity contribution >= 4 is 11.9 Å². The van der Waals surface area contributed by atoms with Crippen LogP contribution in [0.25, 0.3) is 0 Å². The average Bonchev–Trinajstić information content (AvgIpc) is 1.85. The fourth-order valence-electron chi connectivity index (χ4n) is 0.330. The third-order valence-corrected chi connectivity index (χ3v) is 0.649. The minimum Gasteiger partial charge on any atom is -0.478 e. The molecule has 0 aliphatic carbocycles. The predicted octanol–water partition coefficient (Wildman–Crippen LogP) is 0.188. The van der Waals surface area contributed by atoms with Crippen LogP contribution in [0.3, 0.4) is 0 Å². The van der Waals surface area contributed by atoms with Gasteiger partial charge in [0.15, 0.2) is 0 Å². The summed E-state index contributed by atoms with van der Waals surface area (Å²) in [6, 6.07) is 0. The second-order valence-electron chi connectivity index (χ2n) is 1.42. The summed E-state index contributed by atoms with van der Waals surface area (Å²) in [6.07, 6.45) is 1.60. The zero-order valence-corrected chi connectivity index (χ0v) is 6.78. The minimum absolute atomic E-state index is 0. The van der Waals surface area contributed by atoms with Crippen molar-refractivity contribution in [3.05, 3.63) is 12.2 Å². The van der Waals surface area contributed by atoms with Crippen molar-refractivity contribution in [3.63, 3.8) is 0 Å². The number of ether oxygens (including phenoxy) is 1. The zero-order valence-electron chi connectivity index (χ0n) is 5.84. The van der Waals surface area contributed by atoms with Gasteiger partial charge in [-0.3, -0.25) is 0 Å². The molecule has 0 heterocycles. The summed E-state index contributed by atoms with van der Waals surface area (Å²) >= 11 is 0. The molecule has 4 nitrogen and oxygen atoms in total. The van der Waals surface area contributed by atoms with Gasteiger partial charge in [0.2, 0.25) is 0 Å². The van der Waals surface area contributed by atoms with Crippen LogP contribution in [0.5, 0.6) is 0 Å². The van der Waals surface area contributed by atoms with E-state index in [9.17, 15) is 9.59 Å². The van der Waals surface area contributed by atoms with Crippen molar-refractivity contribution in [1.29, 1.82) is 0 Å². The Morgan fingerprint density at radius 3 is 2.36 bits per heavy atom. The van der Waals surface area contributed by atoms with E-state index in [0.717, 1.165) is 12.2 Å². The van der Waals surface area contributed by atoms with Gasteiger partial charge in [0, 0.05) is 29.2 Å². The molecule has 0 saturated heterocycles. The smallest absolute Gasteiger partial charge is 0.330 e. The van der Waals surface area contributed by atoms with Gasteiger partial charge in [0.1, 0.15) is 0 Å². The molecule has 0 aromatic carbocycles. The molecule has 0 aliphatic heterocycles. The summed E-state index contributed by atoms with van der Waals surface area (Å²) in [4.78, 5) is 20.2. The fraction of sp³-hybridized carbons (Fsp3) is 0.333. The number of hydrogen-bond acceptors (Lipinski definition) is 3. The van der Waals surface area contributed by atoms with Crippen LogP contribution >= 0.6 is 0 Å². The summed E-state index contributed by atoms with van der Waals surface area (Å²) in [5, 5.41) is 8.04. The Labute approximate surface area is 74.7 Å². The van der Waals surface area contributed by atoms with Crippen molar-refractivity contribution in [2.75, 3.05) is 6.61 Å². The normalized spacial score (nSPS) is 8.82. The number of carbonyl (C=O) groups excluding carboxylic acids is 1. The molecule has 5 heteroatoms. The molecule has 11 heavy (non-hydrogen) atoms. The second-order valence-corrected chi connectivity index (χ2v) is 1.42. The maximum Gasteiger partial charge on any atom is 0.330 e. The van der Waals surface area contributed by atoms with E-state index in [2.05, 4.69) is 4.74 Å². The number of carboxylic acid groups (broad SMARTS) is 1. The maximum absolute atomic E-state index is 10.4.